The van der Waals surface area contributed by atoms with Gasteiger partial charge in [0.15, 0.2) is 0 Å². The average molecular weight is 238 g/mol. The second-order valence-electron chi connectivity index (χ2n) is 4.23. The van der Waals surface area contributed by atoms with Crippen LogP contribution in [0.4, 0.5) is 4.39 Å². The predicted molar refractivity (Wildman–Crippen MR) is 58.9 cm³/mol. The molecular weight excluding hydrogens is 227 g/mol. The summed E-state index contributed by atoms with van der Waals surface area (Å²) in [5, 5.41) is 0.431. The summed E-state index contributed by atoms with van der Waals surface area (Å²) in [6.07, 6.45) is 0.846. The highest BCUT2D eigenvalue weighted by Crippen LogP contribution is 2.59. The van der Waals surface area contributed by atoms with E-state index < -0.39 is 0 Å². The van der Waals surface area contributed by atoms with Crippen molar-refractivity contribution in [2.24, 2.45) is 5.92 Å². The molecule has 3 rings (SSSR count). The molecule has 0 spiro atoms. The second kappa shape index (κ2) is 3.48. The van der Waals surface area contributed by atoms with Crippen LogP contribution in [-0.4, -0.2) is 18.3 Å². The first kappa shape index (κ1) is 10.1. The van der Waals surface area contributed by atoms with Crippen molar-refractivity contribution in [1.29, 1.82) is 0 Å². The Labute approximate surface area is 97.2 Å². The molecule has 3 unspecified atom stereocenters. The SMILES string of the molecule is COC(=O)C1CC2Sc3ccc(F)cc3C21. The van der Waals surface area contributed by atoms with E-state index in [1.807, 2.05) is 6.07 Å². The van der Waals surface area contributed by atoms with Crippen LogP contribution in [0.15, 0.2) is 23.1 Å². The van der Waals surface area contributed by atoms with Gasteiger partial charge < -0.3 is 4.74 Å². The van der Waals surface area contributed by atoms with Gasteiger partial charge in [0, 0.05) is 16.1 Å². The fraction of sp³-hybridized carbons (Fsp3) is 0.417. The highest BCUT2D eigenvalue weighted by Gasteiger charge is 2.51. The van der Waals surface area contributed by atoms with Gasteiger partial charge in [0.05, 0.1) is 13.0 Å². The summed E-state index contributed by atoms with van der Waals surface area (Å²) in [6.45, 7) is 0. The van der Waals surface area contributed by atoms with Gasteiger partial charge in [-0.3, -0.25) is 4.79 Å². The quantitative estimate of drug-likeness (QED) is 0.703. The lowest BCUT2D eigenvalue weighted by atomic mass is 9.70. The molecule has 1 heterocycles. The lowest BCUT2D eigenvalue weighted by molar-refractivity contribution is -0.149. The van der Waals surface area contributed by atoms with E-state index in [9.17, 15) is 9.18 Å². The van der Waals surface area contributed by atoms with Crippen molar-refractivity contribution in [2.45, 2.75) is 22.5 Å². The van der Waals surface area contributed by atoms with E-state index in [1.165, 1.54) is 13.2 Å². The summed E-state index contributed by atoms with van der Waals surface area (Å²) in [4.78, 5) is 12.6. The fourth-order valence-electron chi connectivity index (χ4n) is 2.59. The summed E-state index contributed by atoms with van der Waals surface area (Å²) in [5.41, 5.74) is 0.983. The minimum absolute atomic E-state index is 0.0782. The number of fused-ring (bicyclic) bond motifs is 3. The summed E-state index contributed by atoms with van der Waals surface area (Å²) >= 11 is 1.75. The number of carbonyl (C=O) groups excluding carboxylic acids is 1. The molecule has 84 valence electrons. The Morgan fingerprint density at radius 2 is 2.38 bits per heavy atom. The number of methoxy groups -OCH3 is 1. The first-order chi connectivity index (χ1) is 7.70. The molecule has 1 aromatic carbocycles. The molecule has 1 fully saturated rings. The van der Waals surface area contributed by atoms with Crippen molar-refractivity contribution in [3.8, 4) is 0 Å². The van der Waals surface area contributed by atoms with E-state index in [-0.39, 0.29) is 23.6 Å². The Kier molecular flexibility index (Phi) is 2.21. The molecule has 0 N–H and O–H groups in total. The molecular formula is C12H11FO2S. The molecule has 2 aliphatic rings. The smallest absolute Gasteiger partial charge is 0.309 e. The van der Waals surface area contributed by atoms with Crippen molar-refractivity contribution < 1.29 is 13.9 Å². The maximum Gasteiger partial charge on any atom is 0.309 e. The monoisotopic (exact) mass is 238 g/mol. The van der Waals surface area contributed by atoms with Gasteiger partial charge in [0.2, 0.25) is 0 Å². The molecule has 0 aromatic heterocycles. The van der Waals surface area contributed by atoms with Crippen LogP contribution in [0.3, 0.4) is 0 Å². The van der Waals surface area contributed by atoms with Crippen molar-refractivity contribution >= 4 is 17.7 Å². The molecule has 3 atom stereocenters. The van der Waals surface area contributed by atoms with E-state index in [4.69, 9.17) is 4.74 Å². The van der Waals surface area contributed by atoms with Gasteiger partial charge in [-0.15, -0.1) is 11.8 Å². The molecule has 0 amide bonds. The van der Waals surface area contributed by atoms with Crippen LogP contribution in [0.1, 0.15) is 17.9 Å². The highest BCUT2D eigenvalue weighted by atomic mass is 32.2. The number of hydrogen-bond donors (Lipinski definition) is 0. The third kappa shape index (κ3) is 1.29. The Hall–Kier alpha value is -1.03. The number of hydrogen-bond acceptors (Lipinski definition) is 3. The summed E-state index contributed by atoms with van der Waals surface area (Å²) in [7, 11) is 1.41. The number of thioether (sulfide) groups is 1. The van der Waals surface area contributed by atoms with Crippen molar-refractivity contribution in [1.82, 2.24) is 0 Å². The molecule has 1 aliphatic heterocycles. The Balaban J connectivity index is 1.94. The summed E-state index contributed by atoms with van der Waals surface area (Å²) in [6, 6.07) is 4.84. The molecule has 1 aliphatic carbocycles. The third-order valence-electron chi connectivity index (χ3n) is 3.43. The van der Waals surface area contributed by atoms with Crippen LogP contribution in [0.5, 0.6) is 0 Å². The van der Waals surface area contributed by atoms with Gasteiger partial charge in [0.1, 0.15) is 5.82 Å². The van der Waals surface area contributed by atoms with Crippen LogP contribution in [0, 0.1) is 11.7 Å². The van der Waals surface area contributed by atoms with Crippen molar-refractivity contribution in [2.75, 3.05) is 7.11 Å². The summed E-state index contributed by atoms with van der Waals surface area (Å²) in [5.74, 6) is -0.317. The topological polar surface area (TPSA) is 26.3 Å². The number of esters is 1. The summed E-state index contributed by atoms with van der Waals surface area (Å²) < 4.78 is 17.9. The van der Waals surface area contributed by atoms with Gasteiger partial charge in [0.25, 0.3) is 0 Å². The molecule has 1 aromatic rings. The average Bonchev–Trinajstić information content (AvgIpc) is 2.50. The Morgan fingerprint density at radius 3 is 3.12 bits per heavy atom. The maximum absolute atomic E-state index is 13.2. The minimum atomic E-state index is -0.226. The zero-order valence-corrected chi connectivity index (χ0v) is 9.59. The van der Waals surface area contributed by atoms with E-state index in [0.29, 0.717) is 5.25 Å². The maximum atomic E-state index is 13.2. The van der Waals surface area contributed by atoms with Gasteiger partial charge in [-0.2, -0.15) is 0 Å². The van der Waals surface area contributed by atoms with E-state index in [0.717, 1.165) is 16.9 Å². The van der Waals surface area contributed by atoms with E-state index >= 15 is 0 Å². The third-order valence-corrected chi connectivity index (χ3v) is 4.85. The molecule has 0 saturated heterocycles. The normalized spacial score (nSPS) is 30.2. The van der Waals surface area contributed by atoms with Gasteiger partial charge >= 0.3 is 5.97 Å². The Morgan fingerprint density at radius 1 is 1.56 bits per heavy atom. The number of rotatable bonds is 1. The first-order valence-electron chi connectivity index (χ1n) is 5.24. The molecule has 0 radical (unpaired) electrons. The van der Waals surface area contributed by atoms with Crippen LogP contribution in [-0.2, 0) is 9.53 Å². The lowest BCUT2D eigenvalue weighted by Crippen LogP contribution is -2.39. The molecule has 2 nitrogen and oxygen atoms in total. The van der Waals surface area contributed by atoms with Crippen molar-refractivity contribution in [3.63, 3.8) is 0 Å². The van der Waals surface area contributed by atoms with Gasteiger partial charge in [-0.05, 0) is 30.2 Å². The predicted octanol–water partition coefficient (Wildman–Crippen LogP) is 2.58. The molecule has 0 bridgehead atoms. The second-order valence-corrected chi connectivity index (χ2v) is 5.51. The number of halogens is 1. The standard InChI is InChI=1S/C12H11FO2S/c1-15-12(14)8-5-10-11(8)7-4-6(13)2-3-9(7)16-10/h2-4,8,10-11H,5H2,1H3. The Bertz CT molecular complexity index is 460. The lowest BCUT2D eigenvalue weighted by Gasteiger charge is -2.37. The van der Waals surface area contributed by atoms with Gasteiger partial charge in [-0.25, -0.2) is 4.39 Å². The molecule has 1 saturated carbocycles. The zero-order chi connectivity index (χ0) is 11.3. The molecule has 4 heteroatoms. The highest BCUT2D eigenvalue weighted by molar-refractivity contribution is 8.00. The number of carbonyl (C=O) groups is 1. The fourth-order valence-corrected chi connectivity index (χ4v) is 4.18. The molecule has 16 heavy (non-hydrogen) atoms. The first-order valence-corrected chi connectivity index (χ1v) is 6.12. The van der Waals surface area contributed by atoms with Crippen LogP contribution >= 0.6 is 11.8 Å². The van der Waals surface area contributed by atoms with E-state index in [1.54, 1.807) is 17.8 Å². The van der Waals surface area contributed by atoms with Crippen molar-refractivity contribution in [3.05, 3.63) is 29.6 Å². The largest absolute Gasteiger partial charge is 0.469 e. The zero-order valence-electron chi connectivity index (χ0n) is 8.77. The van der Waals surface area contributed by atoms with Crippen LogP contribution in [0.25, 0.3) is 0 Å². The van der Waals surface area contributed by atoms with Gasteiger partial charge in [-0.1, -0.05) is 0 Å². The van der Waals surface area contributed by atoms with Crippen LogP contribution < -0.4 is 0 Å². The minimum Gasteiger partial charge on any atom is -0.469 e. The number of benzene rings is 1. The van der Waals surface area contributed by atoms with E-state index in [2.05, 4.69) is 0 Å². The number of ether oxygens (including phenoxy) is 1. The van der Waals surface area contributed by atoms with Crippen LogP contribution in [0.2, 0.25) is 0 Å².